The van der Waals surface area contributed by atoms with Gasteiger partial charge in [0.05, 0.1) is 29.3 Å². The van der Waals surface area contributed by atoms with Crippen LogP contribution in [-0.4, -0.2) is 40.7 Å². The van der Waals surface area contributed by atoms with E-state index in [1.165, 1.54) is 5.69 Å². The van der Waals surface area contributed by atoms with Gasteiger partial charge in [-0.15, -0.1) is 0 Å². The zero-order valence-electron chi connectivity index (χ0n) is 17.5. The Morgan fingerprint density at radius 3 is 2.53 bits per heavy atom. The Kier molecular flexibility index (Phi) is 4.21. The van der Waals surface area contributed by atoms with Crippen molar-refractivity contribution in [3.05, 3.63) is 83.7 Å². The van der Waals surface area contributed by atoms with Gasteiger partial charge < -0.3 is 19.5 Å². The van der Waals surface area contributed by atoms with Crippen molar-refractivity contribution in [1.82, 2.24) is 9.47 Å². The Balaban J connectivity index is 1.22. The van der Waals surface area contributed by atoms with Gasteiger partial charge >= 0.3 is 0 Å². The monoisotopic (exact) mass is 435 g/mol. The Bertz CT molecular complexity index is 1200. The van der Waals surface area contributed by atoms with Crippen LogP contribution in [0.15, 0.2) is 60.8 Å². The first-order chi connectivity index (χ1) is 15.5. The molecule has 164 valence electrons. The van der Waals surface area contributed by atoms with E-state index in [0.29, 0.717) is 32.5 Å². The number of ether oxygens (including phenoxy) is 1. The molecule has 3 aliphatic rings. The van der Waals surface area contributed by atoms with Gasteiger partial charge in [0.1, 0.15) is 17.2 Å². The molecule has 1 aromatic heterocycles. The molecule has 7 heteroatoms. The van der Waals surface area contributed by atoms with Gasteiger partial charge in [-0.1, -0.05) is 12.1 Å². The van der Waals surface area contributed by atoms with Crippen LogP contribution >= 0.6 is 0 Å². The summed E-state index contributed by atoms with van der Waals surface area (Å²) in [7, 11) is 0. The number of halogens is 2. The van der Waals surface area contributed by atoms with Gasteiger partial charge in [-0.2, -0.15) is 0 Å². The number of hydrogen-bond donors (Lipinski definition) is 1. The highest BCUT2D eigenvalue weighted by Gasteiger charge is 2.54. The first kappa shape index (κ1) is 19.5. The van der Waals surface area contributed by atoms with E-state index >= 15 is 0 Å². The molecule has 1 N–H and O–H groups in total. The molecule has 1 unspecified atom stereocenters. The third-order valence-corrected chi connectivity index (χ3v) is 7.10. The van der Waals surface area contributed by atoms with Gasteiger partial charge in [-0.25, -0.2) is 8.78 Å². The number of carbonyl (C=O) groups is 1. The summed E-state index contributed by atoms with van der Waals surface area (Å²) in [6.45, 7) is 1.53. The molecule has 3 aromatic rings. The van der Waals surface area contributed by atoms with Crippen molar-refractivity contribution >= 4 is 11.6 Å². The molecule has 4 heterocycles. The largest absolute Gasteiger partial charge is 0.372 e. The quantitative estimate of drug-likeness (QED) is 0.614. The molecule has 0 saturated carbocycles. The number of rotatable bonds is 1. The Hall–Kier alpha value is -3.19. The minimum absolute atomic E-state index is 0.0469. The molecule has 2 saturated heterocycles. The van der Waals surface area contributed by atoms with Crippen LogP contribution in [0.2, 0.25) is 0 Å². The number of nitrogens with one attached hydrogen (secondary N) is 1. The molecule has 2 spiro atoms. The summed E-state index contributed by atoms with van der Waals surface area (Å²) in [5.41, 5.74) is 2.78. The minimum Gasteiger partial charge on any atom is -0.372 e. The van der Waals surface area contributed by atoms with E-state index in [-0.39, 0.29) is 22.6 Å². The number of nitrogens with zero attached hydrogens (tertiary/aromatic N) is 2. The van der Waals surface area contributed by atoms with Crippen LogP contribution in [0.25, 0.3) is 5.69 Å². The highest BCUT2D eigenvalue weighted by Crippen LogP contribution is 2.50. The average molecular weight is 435 g/mol. The van der Waals surface area contributed by atoms with Crippen molar-refractivity contribution < 1.29 is 18.3 Å². The van der Waals surface area contributed by atoms with Gasteiger partial charge in [0.2, 0.25) is 0 Å². The van der Waals surface area contributed by atoms with Crippen LogP contribution < -0.4 is 5.32 Å². The number of amides is 1. The molecule has 5 nitrogen and oxygen atoms in total. The molecule has 1 atom stereocenters. The van der Waals surface area contributed by atoms with Gasteiger partial charge in [-0.3, -0.25) is 4.79 Å². The summed E-state index contributed by atoms with van der Waals surface area (Å²) >= 11 is 0. The molecule has 32 heavy (non-hydrogen) atoms. The second-order valence-corrected chi connectivity index (χ2v) is 9.09. The van der Waals surface area contributed by atoms with E-state index in [4.69, 9.17) is 4.74 Å². The normalized spacial score (nSPS) is 23.1. The average Bonchev–Trinajstić information content (AvgIpc) is 3.41. The Morgan fingerprint density at radius 1 is 1.00 bits per heavy atom. The fourth-order valence-corrected chi connectivity index (χ4v) is 5.56. The van der Waals surface area contributed by atoms with E-state index in [9.17, 15) is 13.6 Å². The molecular weight excluding hydrogens is 412 g/mol. The summed E-state index contributed by atoms with van der Waals surface area (Å²) in [6.07, 6.45) is 4.25. The smallest absolute Gasteiger partial charge is 0.254 e. The molecule has 1 amide bonds. The molecule has 0 bridgehead atoms. The summed E-state index contributed by atoms with van der Waals surface area (Å²) in [5.74, 6) is -1.83. The summed E-state index contributed by atoms with van der Waals surface area (Å²) < 4.78 is 35.8. The lowest BCUT2D eigenvalue weighted by Crippen LogP contribution is -2.48. The maximum absolute atomic E-state index is 13.6. The Morgan fingerprint density at radius 2 is 1.75 bits per heavy atom. The van der Waals surface area contributed by atoms with E-state index in [0.717, 1.165) is 36.0 Å². The van der Waals surface area contributed by atoms with Crippen LogP contribution in [-0.2, 0) is 10.3 Å². The first-order valence-corrected chi connectivity index (χ1v) is 10.9. The van der Waals surface area contributed by atoms with Crippen molar-refractivity contribution in [2.24, 2.45) is 0 Å². The second kappa shape index (κ2) is 6.90. The zero-order valence-corrected chi connectivity index (χ0v) is 17.5. The third-order valence-electron chi connectivity index (χ3n) is 7.10. The zero-order chi connectivity index (χ0) is 21.9. The van der Waals surface area contributed by atoms with Gasteiger partial charge in [0.15, 0.2) is 0 Å². The highest BCUT2D eigenvalue weighted by atomic mass is 19.1. The van der Waals surface area contributed by atoms with Crippen LogP contribution in [0, 0.1) is 11.6 Å². The lowest BCUT2D eigenvalue weighted by Gasteiger charge is -2.41. The molecule has 6 rings (SSSR count). The van der Waals surface area contributed by atoms with Crippen molar-refractivity contribution in [1.29, 1.82) is 0 Å². The predicted molar refractivity (Wildman–Crippen MR) is 116 cm³/mol. The third kappa shape index (κ3) is 2.95. The number of hydrogen-bond acceptors (Lipinski definition) is 3. The lowest BCUT2D eigenvalue weighted by molar-refractivity contribution is -0.0392. The van der Waals surface area contributed by atoms with Gasteiger partial charge in [0.25, 0.3) is 5.91 Å². The van der Waals surface area contributed by atoms with E-state index in [2.05, 4.69) is 40.3 Å². The number of anilines is 1. The second-order valence-electron chi connectivity index (χ2n) is 9.09. The predicted octanol–water partition coefficient (Wildman–Crippen LogP) is 4.47. The SMILES string of the molecule is O=C(c1cc(F)cc(F)c1)N1CCC2(CC1)CC1(CO2)Nc2ccccc2-n2cccc21. The number of benzene rings is 2. The maximum atomic E-state index is 13.6. The lowest BCUT2D eigenvalue weighted by atomic mass is 9.79. The number of likely N-dealkylation sites (tertiary alicyclic amines) is 1. The molecule has 0 radical (unpaired) electrons. The summed E-state index contributed by atoms with van der Waals surface area (Å²) in [6, 6.07) is 15.4. The number of carbonyl (C=O) groups excluding carboxylic acids is 1. The number of aromatic nitrogens is 1. The fourth-order valence-electron chi connectivity index (χ4n) is 5.56. The topological polar surface area (TPSA) is 46.5 Å². The van der Waals surface area contributed by atoms with Gasteiger partial charge in [0, 0.05) is 37.3 Å². The van der Waals surface area contributed by atoms with Crippen molar-refractivity contribution in [2.45, 2.75) is 30.4 Å². The molecular formula is C25H23F2N3O2. The van der Waals surface area contributed by atoms with Crippen LogP contribution in [0.3, 0.4) is 0 Å². The van der Waals surface area contributed by atoms with Gasteiger partial charge in [-0.05, 0) is 49.2 Å². The van der Waals surface area contributed by atoms with E-state index < -0.39 is 11.6 Å². The summed E-state index contributed by atoms with van der Waals surface area (Å²) in [5, 5.41) is 3.75. The number of piperidine rings is 1. The fraction of sp³-hybridized carbons (Fsp3) is 0.320. The summed E-state index contributed by atoms with van der Waals surface area (Å²) in [4.78, 5) is 14.5. The Labute approximate surface area is 184 Å². The van der Waals surface area contributed by atoms with E-state index in [1.807, 2.05) is 12.1 Å². The molecule has 3 aliphatic heterocycles. The van der Waals surface area contributed by atoms with Crippen LogP contribution in [0.5, 0.6) is 0 Å². The highest BCUT2D eigenvalue weighted by molar-refractivity contribution is 5.94. The minimum atomic E-state index is -0.741. The number of para-hydroxylation sites is 2. The molecule has 0 aliphatic carbocycles. The van der Waals surface area contributed by atoms with E-state index in [1.54, 1.807) is 4.90 Å². The van der Waals surface area contributed by atoms with Crippen molar-refractivity contribution in [3.63, 3.8) is 0 Å². The van der Waals surface area contributed by atoms with Crippen molar-refractivity contribution in [3.8, 4) is 5.69 Å². The maximum Gasteiger partial charge on any atom is 0.254 e. The first-order valence-electron chi connectivity index (χ1n) is 10.9. The van der Waals surface area contributed by atoms with Crippen LogP contribution in [0.1, 0.15) is 35.3 Å². The van der Waals surface area contributed by atoms with Crippen molar-refractivity contribution in [2.75, 3.05) is 25.0 Å². The molecule has 2 aromatic carbocycles. The molecule has 2 fully saturated rings. The number of fused-ring (bicyclic) bond motifs is 4. The standard InChI is InChI=1S/C25H23F2N3O2/c26-18-12-17(13-19(27)14-18)23(31)29-10-7-24(8-11-29)15-25(16-32-24)22-6-3-9-30(22)21-5-2-1-4-20(21)28-25/h1-6,9,12-14,28H,7-8,10-11,15-16H2. The van der Waals surface area contributed by atoms with Crippen LogP contribution in [0.4, 0.5) is 14.5 Å².